The molecule has 0 spiro atoms. The predicted octanol–water partition coefficient (Wildman–Crippen LogP) is 5.48. The third-order valence-electron chi connectivity index (χ3n) is 5.62. The second-order valence-electron chi connectivity index (χ2n) is 7.78. The molecule has 2 aromatic carbocycles. The smallest absolute Gasteiger partial charge is 0.207 e. The van der Waals surface area contributed by atoms with Crippen molar-refractivity contribution in [3.63, 3.8) is 0 Å². The zero-order valence-electron chi connectivity index (χ0n) is 20.7. The zero-order valence-corrected chi connectivity index (χ0v) is 22.2. The van der Waals surface area contributed by atoms with E-state index >= 15 is 0 Å². The zero-order chi connectivity index (χ0) is 26.1. The summed E-state index contributed by atoms with van der Waals surface area (Å²) in [6, 6.07) is 8.60. The molecular weight excluding hydrogens is 504 g/mol. The van der Waals surface area contributed by atoms with Gasteiger partial charge < -0.3 is 34.8 Å². The van der Waals surface area contributed by atoms with Crippen LogP contribution in [0.1, 0.15) is 19.3 Å². The number of hydrogen-bond acceptors (Lipinski definition) is 8. The first-order valence-electron chi connectivity index (χ1n) is 11.3. The topological polar surface area (TPSA) is 119 Å². The molecular formula is C25H30ClN4O5S-. The largest absolute Gasteiger partial charge is 0.565 e. The Balaban J connectivity index is 1.97. The van der Waals surface area contributed by atoms with E-state index in [0.29, 0.717) is 41.7 Å². The number of benzene rings is 2. The minimum Gasteiger partial charge on any atom is -0.565 e. The van der Waals surface area contributed by atoms with E-state index in [4.69, 9.17) is 36.5 Å². The van der Waals surface area contributed by atoms with Crippen LogP contribution in [-0.4, -0.2) is 51.3 Å². The summed E-state index contributed by atoms with van der Waals surface area (Å²) in [5, 5.41) is 2.91. The number of carbonyl (C=O) groups is 1. The van der Waals surface area contributed by atoms with Crippen molar-refractivity contribution in [2.75, 3.05) is 40.3 Å². The first-order valence-corrected chi connectivity index (χ1v) is 12.4. The molecule has 3 aromatic rings. The highest BCUT2D eigenvalue weighted by molar-refractivity contribution is 7.10. The van der Waals surface area contributed by atoms with Gasteiger partial charge in [0.15, 0.2) is 11.5 Å². The first kappa shape index (κ1) is 27.5. The van der Waals surface area contributed by atoms with Gasteiger partial charge in [0, 0.05) is 17.3 Å². The van der Waals surface area contributed by atoms with Crippen molar-refractivity contribution in [1.82, 2.24) is 4.37 Å². The minimum atomic E-state index is -0.691. The summed E-state index contributed by atoms with van der Waals surface area (Å²) < 4.78 is 26.4. The summed E-state index contributed by atoms with van der Waals surface area (Å²) in [5.74, 6) is 1.79. The average molecular weight is 534 g/mol. The van der Waals surface area contributed by atoms with E-state index in [1.165, 1.54) is 11.5 Å². The van der Waals surface area contributed by atoms with Crippen LogP contribution in [0.5, 0.6) is 23.0 Å². The number of nitrogens with one attached hydrogen (secondary N) is 1. The lowest BCUT2D eigenvalue weighted by molar-refractivity contribution is -0.116. The standard InChI is InChI=1S/C25H30ClN4O5S/c1-32-20-9-8-15(11-19(20)29-25(31)18(30-26)7-5-6-10-27)17-14-28-36-24(17)16-12-21(33-2)23(35-4)22(13-16)34-3/h8-9,11-14,18H,5-7,10,27H2,1-4H3,(H,29,31)/q-1/t18-/m1/s1. The van der Waals surface area contributed by atoms with E-state index in [0.717, 1.165) is 34.4 Å². The van der Waals surface area contributed by atoms with Crippen LogP contribution in [0.15, 0.2) is 36.5 Å². The Hall–Kier alpha value is -3.05. The summed E-state index contributed by atoms with van der Waals surface area (Å²) in [4.78, 5) is 17.5. The second-order valence-corrected chi connectivity index (χ2v) is 8.78. The van der Waals surface area contributed by atoms with Crippen LogP contribution in [0.4, 0.5) is 5.69 Å². The van der Waals surface area contributed by atoms with Gasteiger partial charge in [-0.3, -0.25) is 16.6 Å². The molecule has 11 heteroatoms. The molecule has 36 heavy (non-hydrogen) atoms. The number of hydrogen-bond donors (Lipinski definition) is 2. The fourth-order valence-corrected chi connectivity index (χ4v) is 4.70. The maximum Gasteiger partial charge on any atom is 0.207 e. The number of methoxy groups -OCH3 is 4. The Morgan fingerprint density at radius 1 is 1.03 bits per heavy atom. The fourth-order valence-electron chi connectivity index (χ4n) is 3.76. The van der Waals surface area contributed by atoms with E-state index in [2.05, 4.69) is 14.5 Å². The van der Waals surface area contributed by atoms with Gasteiger partial charge in [0.05, 0.1) is 39.0 Å². The number of unbranched alkanes of at least 4 members (excludes halogenated alkanes) is 1. The van der Waals surface area contributed by atoms with Crippen LogP contribution in [0.2, 0.25) is 0 Å². The number of nitrogens with zero attached hydrogens (tertiary/aromatic N) is 2. The minimum absolute atomic E-state index is 0.314. The molecule has 0 aliphatic rings. The van der Waals surface area contributed by atoms with Crippen molar-refractivity contribution in [3.8, 4) is 44.6 Å². The summed E-state index contributed by atoms with van der Waals surface area (Å²) in [5.41, 5.74) is 8.62. The average Bonchev–Trinajstić information content (AvgIpc) is 3.40. The van der Waals surface area contributed by atoms with Gasteiger partial charge in [-0.2, -0.15) is 4.37 Å². The van der Waals surface area contributed by atoms with Crippen LogP contribution in [0.3, 0.4) is 0 Å². The predicted molar refractivity (Wildman–Crippen MR) is 144 cm³/mol. The van der Waals surface area contributed by atoms with Crippen molar-refractivity contribution in [2.45, 2.75) is 25.3 Å². The number of rotatable bonds is 13. The van der Waals surface area contributed by atoms with Crippen LogP contribution >= 0.6 is 23.3 Å². The lowest BCUT2D eigenvalue weighted by atomic mass is 10.0. The Bertz CT molecular complexity index is 1150. The number of halogens is 1. The Morgan fingerprint density at radius 2 is 1.72 bits per heavy atom. The summed E-state index contributed by atoms with van der Waals surface area (Å²) in [6.45, 7) is 0.551. The summed E-state index contributed by atoms with van der Waals surface area (Å²) in [6.07, 6.45) is 3.83. The van der Waals surface area contributed by atoms with Gasteiger partial charge in [-0.15, -0.1) is 0 Å². The van der Waals surface area contributed by atoms with Gasteiger partial charge in [0.25, 0.3) is 0 Å². The van der Waals surface area contributed by atoms with E-state index in [1.807, 2.05) is 24.3 Å². The maximum absolute atomic E-state index is 12.9. The third-order valence-corrected chi connectivity index (χ3v) is 6.70. The number of aromatic nitrogens is 1. The number of carbonyl (C=O) groups excluding carboxylic acids is 1. The molecule has 1 amide bonds. The van der Waals surface area contributed by atoms with Crippen molar-refractivity contribution < 1.29 is 23.7 Å². The van der Waals surface area contributed by atoms with Crippen molar-refractivity contribution >= 4 is 34.9 Å². The maximum atomic E-state index is 12.9. The van der Waals surface area contributed by atoms with E-state index in [-0.39, 0.29) is 5.91 Å². The van der Waals surface area contributed by atoms with E-state index in [1.54, 1.807) is 40.7 Å². The van der Waals surface area contributed by atoms with Crippen molar-refractivity contribution in [1.29, 1.82) is 0 Å². The molecule has 0 radical (unpaired) electrons. The van der Waals surface area contributed by atoms with Crippen LogP contribution in [-0.2, 0) is 4.79 Å². The lowest BCUT2D eigenvalue weighted by Crippen LogP contribution is -2.26. The first-order chi connectivity index (χ1) is 17.5. The molecule has 0 unspecified atom stereocenters. The molecule has 194 valence electrons. The Morgan fingerprint density at radius 3 is 2.31 bits per heavy atom. The monoisotopic (exact) mass is 533 g/mol. The van der Waals surface area contributed by atoms with Crippen LogP contribution in [0.25, 0.3) is 26.4 Å². The molecule has 1 heterocycles. The summed E-state index contributed by atoms with van der Waals surface area (Å²) in [7, 11) is 6.25. The SMILES string of the molecule is COc1ccc(-c2cnsc2-c2cc(OC)c(OC)c(OC)c2)cc1NC(=O)[C@@H](CCCCN)[N-]Cl. The van der Waals surface area contributed by atoms with Gasteiger partial charge in [-0.25, -0.2) is 0 Å². The molecule has 1 atom stereocenters. The molecule has 3 rings (SSSR count). The number of nitrogens with two attached hydrogens (primary N) is 1. The van der Waals surface area contributed by atoms with Crippen molar-refractivity contribution in [3.05, 3.63) is 41.4 Å². The lowest BCUT2D eigenvalue weighted by Gasteiger charge is -2.25. The van der Waals surface area contributed by atoms with Gasteiger partial charge in [-0.05, 0) is 60.4 Å². The normalized spacial score (nSPS) is 11.6. The van der Waals surface area contributed by atoms with Crippen LogP contribution < -0.4 is 30.0 Å². The highest BCUT2D eigenvalue weighted by Gasteiger charge is 2.19. The number of anilines is 1. The van der Waals surface area contributed by atoms with Gasteiger partial charge in [0.2, 0.25) is 11.7 Å². The highest BCUT2D eigenvalue weighted by atomic mass is 35.5. The molecule has 3 N–H and O–H groups in total. The van der Waals surface area contributed by atoms with Gasteiger partial charge in [0.1, 0.15) is 5.75 Å². The Kier molecular flexibility index (Phi) is 10.2. The number of amides is 1. The molecule has 0 saturated heterocycles. The molecule has 0 aliphatic heterocycles. The quantitative estimate of drug-likeness (QED) is 0.279. The molecule has 0 aliphatic carbocycles. The second kappa shape index (κ2) is 13.3. The number of ether oxygens (including phenoxy) is 4. The molecule has 0 bridgehead atoms. The van der Waals surface area contributed by atoms with Crippen molar-refractivity contribution in [2.24, 2.45) is 5.73 Å². The van der Waals surface area contributed by atoms with Gasteiger partial charge in [-0.1, -0.05) is 18.9 Å². The van der Waals surface area contributed by atoms with Gasteiger partial charge >= 0.3 is 0 Å². The molecule has 9 nitrogen and oxygen atoms in total. The molecule has 1 aromatic heterocycles. The van der Waals surface area contributed by atoms with E-state index < -0.39 is 6.04 Å². The Labute approximate surface area is 220 Å². The van der Waals surface area contributed by atoms with E-state index in [9.17, 15) is 4.79 Å². The third kappa shape index (κ3) is 6.19. The molecule has 0 fully saturated rings. The fraction of sp³-hybridized carbons (Fsp3) is 0.360. The molecule has 0 saturated carbocycles. The van der Waals surface area contributed by atoms with Crippen LogP contribution in [0, 0.1) is 0 Å². The summed E-state index contributed by atoms with van der Waals surface area (Å²) >= 11 is 7.05. The highest BCUT2D eigenvalue weighted by Crippen LogP contribution is 2.45.